The summed E-state index contributed by atoms with van der Waals surface area (Å²) in [5.74, 6) is 0.484. The maximum Gasteiger partial charge on any atom is 0.249 e. The molecule has 0 amide bonds. The summed E-state index contributed by atoms with van der Waals surface area (Å²) in [6, 6.07) is 13.4. The van der Waals surface area contributed by atoms with Crippen molar-refractivity contribution in [3.05, 3.63) is 77.6 Å². The maximum absolute atomic E-state index is 12.3. The first-order chi connectivity index (χ1) is 18.9. The van der Waals surface area contributed by atoms with Crippen LogP contribution in [-0.2, 0) is 4.79 Å². The van der Waals surface area contributed by atoms with Crippen LogP contribution in [0.4, 0.5) is 17.3 Å². The summed E-state index contributed by atoms with van der Waals surface area (Å²) >= 11 is 0. The lowest BCUT2D eigenvalue weighted by atomic mass is 10.0. The Morgan fingerprint density at radius 2 is 1.90 bits per heavy atom. The van der Waals surface area contributed by atoms with Crippen LogP contribution in [0.15, 0.2) is 60.9 Å². The van der Waals surface area contributed by atoms with E-state index in [2.05, 4.69) is 36.6 Å². The van der Waals surface area contributed by atoms with Gasteiger partial charge < -0.3 is 26.3 Å². The van der Waals surface area contributed by atoms with E-state index >= 15 is 0 Å². The summed E-state index contributed by atoms with van der Waals surface area (Å²) in [5, 5.41) is 29.8. The van der Waals surface area contributed by atoms with E-state index in [1.807, 2.05) is 19.1 Å². The average molecular weight is 565 g/mol. The lowest BCUT2D eigenvalue weighted by Crippen LogP contribution is -2.35. The Balaban J connectivity index is 0.00000441. The van der Waals surface area contributed by atoms with Crippen molar-refractivity contribution in [1.82, 2.24) is 15.3 Å². The molecule has 1 unspecified atom stereocenters. The van der Waals surface area contributed by atoms with Gasteiger partial charge in [0, 0.05) is 43.0 Å². The van der Waals surface area contributed by atoms with Crippen LogP contribution in [0.3, 0.4) is 0 Å². The number of hydrogen-bond acceptors (Lipinski definition) is 7. The van der Waals surface area contributed by atoms with E-state index in [1.54, 1.807) is 42.7 Å². The zero-order valence-corrected chi connectivity index (χ0v) is 23.5. The highest BCUT2D eigenvalue weighted by molar-refractivity contribution is 5.95. The van der Waals surface area contributed by atoms with Crippen molar-refractivity contribution >= 4 is 47.4 Å². The zero-order chi connectivity index (χ0) is 27.6. The van der Waals surface area contributed by atoms with Gasteiger partial charge in [0.25, 0.3) is 0 Å². The highest BCUT2D eigenvalue weighted by Crippen LogP contribution is 2.26. The lowest BCUT2D eigenvalue weighted by Gasteiger charge is -2.23. The second kappa shape index (κ2) is 14.8. The van der Waals surface area contributed by atoms with E-state index in [1.165, 1.54) is 6.42 Å². The van der Waals surface area contributed by atoms with Gasteiger partial charge in [0.15, 0.2) is 0 Å². The second-order valence-electron chi connectivity index (χ2n) is 9.68. The molecule has 11 heteroatoms. The van der Waals surface area contributed by atoms with Crippen LogP contribution in [0.25, 0.3) is 0 Å². The van der Waals surface area contributed by atoms with Crippen molar-refractivity contribution in [2.24, 2.45) is 5.73 Å². The molecule has 1 aliphatic rings. The number of rotatable bonds is 11. The molecule has 10 nitrogen and oxygen atoms in total. The number of aliphatic carboxylic acids is 1. The first-order valence-electron chi connectivity index (χ1n) is 13.3. The third-order valence-corrected chi connectivity index (χ3v) is 6.62. The summed E-state index contributed by atoms with van der Waals surface area (Å²) in [4.78, 5) is 20.7. The van der Waals surface area contributed by atoms with Crippen LogP contribution in [0.2, 0.25) is 0 Å². The van der Waals surface area contributed by atoms with Gasteiger partial charge in [-0.15, -0.1) is 12.4 Å². The molecule has 40 heavy (non-hydrogen) atoms. The summed E-state index contributed by atoms with van der Waals surface area (Å²) in [5.41, 5.74) is 9.22. The molecule has 0 bridgehead atoms. The molecule has 1 aromatic heterocycles. The lowest BCUT2D eigenvalue weighted by molar-refractivity contribution is -0.444. The van der Waals surface area contributed by atoms with Crippen LogP contribution < -0.4 is 26.8 Å². The number of benzene rings is 2. The van der Waals surface area contributed by atoms with Crippen molar-refractivity contribution in [2.45, 2.75) is 45.1 Å². The number of aromatic nitrogens is 2. The fourth-order valence-corrected chi connectivity index (χ4v) is 4.70. The van der Waals surface area contributed by atoms with Crippen molar-refractivity contribution in [1.29, 1.82) is 5.41 Å². The van der Waals surface area contributed by atoms with Gasteiger partial charge in [-0.3, -0.25) is 10.7 Å². The van der Waals surface area contributed by atoms with Crippen molar-refractivity contribution in [2.75, 3.05) is 30.3 Å². The molecule has 4 rings (SSSR count). The number of aryl methyl sites for hydroxylation is 1. The first kappa shape index (κ1) is 30.4. The number of carboxylic acids is 1. The van der Waals surface area contributed by atoms with E-state index in [0.717, 1.165) is 55.9 Å². The highest BCUT2D eigenvalue weighted by atomic mass is 35.5. The van der Waals surface area contributed by atoms with Crippen molar-refractivity contribution < 1.29 is 14.5 Å². The number of amidine groups is 2. The minimum atomic E-state index is -1.22. The molecule has 0 radical (unpaired) electrons. The Kier molecular flexibility index (Phi) is 11.3. The molecule has 0 spiro atoms. The zero-order valence-electron chi connectivity index (χ0n) is 22.7. The fourth-order valence-electron chi connectivity index (χ4n) is 4.70. The van der Waals surface area contributed by atoms with Gasteiger partial charge in [-0.05, 0) is 79.8 Å². The SMILES string of the molecule is Cc1cc(C(Nc2ccc(C(=N)N)cc2)C(=O)[O-])cc([N+](CCCNc2ncccn2)=C2CCCCCN2)c1.Cl. The molecule has 0 saturated carbocycles. The Bertz CT molecular complexity index is 1310. The Hall–Kier alpha value is -4.18. The summed E-state index contributed by atoms with van der Waals surface area (Å²) in [6.45, 7) is 4.33. The third-order valence-electron chi connectivity index (χ3n) is 6.62. The Morgan fingerprint density at radius 3 is 2.60 bits per heavy atom. The standard InChI is InChI=1S/C29H36N8O2.ClH/c1-20-17-22(26(28(38)39)36-23-10-8-21(9-11-23)27(30)31)19-24(18-20)37(25-7-3-2-4-12-32-25)16-6-15-35-29-33-13-5-14-34-29;/h5,8-11,13-14,17-19,26H,2-4,6-7,12,15-16H2,1H3,(H6,30,31,33,34,35,36,38,39);1H. The predicted octanol–water partition coefficient (Wildman–Crippen LogP) is 3.10. The molecule has 1 aliphatic heterocycles. The minimum absolute atomic E-state index is 0. The molecule has 1 atom stereocenters. The first-order valence-corrected chi connectivity index (χ1v) is 13.3. The van der Waals surface area contributed by atoms with Crippen LogP contribution in [0.5, 0.6) is 0 Å². The van der Waals surface area contributed by atoms with Crippen LogP contribution in [0.1, 0.15) is 54.8 Å². The summed E-state index contributed by atoms with van der Waals surface area (Å²) in [7, 11) is 0. The molecule has 3 aromatic rings. The van der Waals surface area contributed by atoms with Gasteiger partial charge in [0.1, 0.15) is 11.5 Å². The molecular formula is C29H37ClN8O2. The van der Waals surface area contributed by atoms with Crippen molar-refractivity contribution in [3.8, 4) is 0 Å². The molecule has 2 heterocycles. The summed E-state index contributed by atoms with van der Waals surface area (Å²) < 4.78 is 2.27. The Labute approximate surface area is 241 Å². The van der Waals surface area contributed by atoms with Crippen molar-refractivity contribution in [3.63, 3.8) is 0 Å². The molecule has 1 fully saturated rings. The van der Waals surface area contributed by atoms with E-state index in [4.69, 9.17) is 11.1 Å². The van der Waals surface area contributed by atoms with Gasteiger partial charge >= 0.3 is 0 Å². The van der Waals surface area contributed by atoms with E-state index in [-0.39, 0.29) is 18.2 Å². The number of carboxylic acid groups (broad SMARTS) is 1. The summed E-state index contributed by atoms with van der Waals surface area (Å²) in [6.07, 6.45) is 8.59. The number of nitrogens with one attached hydrogen (secondary N) is 4. The number of nitrogens with two attached hydrogens (primary N) is 1. The molecule has 2 aromatic carbocycles. The number of anilines is 2. The molecule has 0 aliphatic carbocycles. The number of halogens is 1. The number of carbonyl (C=O) groups excluding carboxylic acids is 1. The Morgan fingerprint density at radius 1 is 1.15 bits per heavy atom. The topological polar surface area (TPSA) is 155 Å². The molecule has 6 N–H and O–H groups in total. The molecular weight excluding hydrogens is 528 g/mol. The number of nitrogen functional groups attached to an aromatic ring is 1. The molecule has 212 valence electrons. The average Bonchev–Trinajstić information content (AvgIpc) is 3.21. The smallest absolute Gasteiger partial charge is 0.249 e. The van der Waals surface area contributed by atoms with Crippen LogP contribution >= 0.6 is 12.4 Å². The number of carbonyl (C=O) groups is 1. The van der Waals surface area contributed by atoms with Gasteiger partial charge in [0.05, 0.1) is 25.1 Å². The number of nitrogens with zero attached hydrogens (tertiary/aromatic N) is 3. The quantitative estimate of drug-likeness (QED) is 0.103. The largest absolute Gasteiger partial charge is 0.548 e. The van der Waals surface area contributed by atoms with E-state index in [9.17, 15) is 9.90 Å². The monoisotopic (exact) mass is 564 g/mol. The van der Waals surface area contributed by atoms with E-state index < -0.39 is 12.0 Å². The third kappa shape index (κ3) is 8.41. The molecule has 1 saturated heterocycles. The van der Waals surface area contributed by atoms with Gasteiger partial charge in [-0.2, -0.15) is 0 Å². The van der Waals surface area contributed by atoms with Crippen LogP contribution in [0, 0.1) is 12.3 Å². The van der Waals surface area contributed by atoms with Gasteiger partial charge in [-0.25, -0.2) is 14.5 Å². The normalized spacial score (nSPS) is 15.0. The fraction of sp³-hybridized carbons (Fsp3) is 0.345. The second-order valence-corrected chi connectivity index (χ2v) is 9.68. The van der Waals surface area contributed by atoms with Gasteiger partial charge in [0.2, 0.25) is 11.8 Å². The minimum Gasteiger partial charge on any atom is -0.548 e. The van der Waals surface area contributed by atoms with Crippen LogP contribution in [-0.4, -0.2) is 51.8 Å². The predicted molar refractivity (Wildman–Crippen MR) is 159 cm³/mol. The number of hydrogen-bond donors (Lipinski definition) is 5. The maximum atomic E-state index is 12.3. The van der Waals surface area contributed by atoms with Gasteiger partial charge in [-0.1, -0.05) is 6.07 Å². The van der Waals surface area contributed by atoms with E-state index in [0.29, 0.717) is 29.3 Å². The highest BCUT2D eigenvalue weighted by Gasteiger charge is 2.21.